The normalized spacial score (nSPS) is 12.1. The third-order valence-electron chi connectivity index (χ3n) is 5.90. The Kier molecular flexibility index (Phi) is 10.7. The molecule has 2 aromatic carbocycles. The van der Waals surface area contributed by atoms with E-state index in [-0.39, 0.29) is 17.9 Å². The molecule has 0 radical (unpaired) electrons. The molecule has 3 aromatic rings. The quantitative estimate of drug-likeness (QED) is 0.185. The fourth-order valence-electron chi connectivity index (χ4n) is 3.93. The summed E-state index contributed by atoms with van der Waals surface area (Å²) in [4.78, 5) is 27.2. The van der Waals surface area contributed by atoms with Gasteiger partial charge in [0, 0.05) is 22.7 Å². The predicted molar refractivity (Wildman–Crippen MR) is 144 cm³/mol. The number of halogens is 1. The summed E-state index contributed by atoms with van der Waals surface area (Å²) in [6.45, 7) is 6.15. The van der Waals surface area contributed by atoms with E-state index in [9.17, 15) is 9.59 Å². The van der Waals surface area contributed by atoms with E-state index >= 15 is 0 Å². The van der Waals surface area contributed by atoms with Crippen LogP contribution in [0, 0.1) is 0 Å². The second-order valence-corrected chi connectivity index (χ2v) is 8.73. The minimum atomic E-state index is -0.303. The molecule has 0 aliphatic rings. The molecule has 0 aliphatic heterocycles. The van der Waals surface area contributed by atoms with Crippen molar-refractivity contribution in [2.75, 3.05) is 19.6 Å². The number of nitrogens with zero attached hydrogens (tertiary/aromatic N) is 2. The van der Waals surface area contributed by atoms with Gasteiger partial charge in [-0.1, -0.05) is 43.6 Å². The van der Waals surface area contributed by atoms with Crippen LogP contribution in [0.1, 0.15) is 49.2 Å². The van der Waals surface area contributed by atoms with Crippen molar-refractivity contribution in [3.63, 3.8) is 0 Å². The number of furan rings is 1. The highest BCUT2D eigenvalue weighted by Gasteiger charge is 2.23. The number of likely N-dealkylation sites (N-methyl/N-ethyl adjacent to an activating group) is 1. The number of unbranched alkanes of at least 4 members (excludes halogenated alkanes) is 1. The summed E-state index contributed by atoms with van der Waals surface area (Å²) in [5.41, 5.74) is 4.21. The highest BCUT2D eigenvalue weighted by Crippen LogP contribution is 2.23. The summed E-state index contributed by atoms with van der Waals surface area (Å²) in [6, 6.07) is 19.9. The van der Waals surface area contributed by atoms with Crippen LogP contribution < -0.4 is 10.7 Å². The molecule has 2 N–H and O–H groups in total. The van der Waals surface area contributed by atoms with Crippen molar-refractivity contribution in [3.05, 3.63) is 83.1 Å². The molecule has 0 fully saturated rings. The van der Waals surface area contributed by atoms with Gasteiger partial charge in [-0.3, -0.25) is 14.5 Å². The van der Waals surface area contributed by atoms with Gasteiger partial charge in [-0.2, -0.15) is 5.10 Å². The first-order chi connectivity index (χ1) is 17.5. The zero-order chi connectivity index (χ0) is 25.8. The zero-order valence-electron chi connectivity index (χ0n) is 20.7. The van der Waals surface area contributed by atoms with Crippen molar-refractivity contribution in [1.29, 1.82) is 0 Å². The van der Waals surface area contributed by atoms with Gasteiger partial charge in [0.25, 0.3) is 11.8 Å². The van der Waals surface area contributed by atoms with E-state index in [0.29, 0.717) is 35.1 Å². The SMILES string of the molecule is CCN(CC)[C@H](CCCCNC(=O)c1ccccc1)C(=O)N/N=C/c1ccc(-c2ccc(Cl)cc2)o1. The Balaban J connectivity index is 1.49. The summed E-state index contributed by atoms with van der Waals surface area (Å²) in [7, 11) is 0. The van der Waals surface area contributed by atoms with E-state index < -0.39 is 0 Å². The molecule has 36 heavy (non-hydrogen) atoms. The molecule has 0 aliphatic carbocycles. The first kappa shape index (κ1) is 27.2. The zero-order valence-corrected chi connectivity index (χ0v) is 21.5. The van der Waals surface area contributed by atoms with Crippen molar-refractivity contribution >= 4 is 29.6 Å². The first-order valence-electron chi connectivity index (χ1n) is 12.3. The van der Waals surface area contributed by atoms with Crippen molar-refractivity contribution in [3.8, 4) is 11.3 Å². The summed E-state index contributed by atoms with van der Waals surface area (Å²) < 4.78 is 5.80. The molecule has 3 rings (SSSR count). The molecule has 8 heteroatoms. The van der Waals surface area contributed by atoms with E-state index in [1.807, 2.05) is 50.2 Å². The Bertz CT molecular complexity index is 1130. The van der Waals surface area contributed by atoms with E-state index in [2.05, 4.69) is 20.7 Å². The third kappa shape index (κ3) is 8.07. The van der Waals surface area contributed by atoms with Crippen LogP contribution in [0.3, 0.4) is 0 Å². The van der Waals surface area contributed by atoms with Crippen LogP contribution in [-0.2, 0) is 4.79 Å². The molecule has 0 spiro atoms. The van der Waals surface area contributed by atoms with E-state index in [4.69, 9.17) is 16.0 Å². The topological polar surface area (TPSA) is 86.9 Å². The van der Waals surface area contributed by atoms with Crippen LogP contribution in [0.15, 0.2) is 76.2 Å². The van der Waals surface area contributed by atoms with E-state index in [0.717, 1.165) is 31.5 Å². The van der Waals surface area contributed by atoms with Gasteiger partial charge in [0.05, 0.1) is 12.3 Å². The lowest BCUT2D eigenvalue weighted by Crippen LogP contribution is -2.45. The minimum absolute atomic E-state index is 0.0832. The maximum atomic E-state index is 12.9. The van der Waals surface area contributed by atoms with Crippen molar-refractivity contribution in [2.24, 2.45) is 5.10 Å². The van der Waals surface area contributed by atoms with Crippen LogP contribution in [0.4, 0.5) is 0 Å². The second kappa shape index (κ2) is 14.2. The molecular weight excluding hydrogens is 476 g/mol. The molecular formula is C28H33ClN4O3. The molecule has 1 heterocycles. The van der Waals surface area contributed by atoms with Gasteiger partial charge in [0.1, 0.15) is 11.5 Å². The predicted octanol–water partition coefficient (Wildman–Crippen LogP) is 5.36. The summed E-state index contributed by atoms with van der Waals surface area (Å²) in [5, 5.41) is 7.71. The fraction of sp³-hybridized carbons (Fsp3) is 0.321. The van der Waals surface area contributed by atoms with Crippen LogP contribution in [0.2, 0.25) is 5.02 Å². The molecule has 1 aromatic heterocycles. The Morgan fingerprint density at radius 1 is 1.00 bits per heavy atom. The molecule has 2 amide bonds. The van der Waals surface area contributed by atoms with Gasteiger partial charge in [-0.25, -0.2) is 5.43 Å². The Morgan fingerprint density at radius 3 is 2.42 bits per heavy atom. The number of rotatable bonds is 13. The lowest BCUT2D eigenvalue weighted by Gasteiger charge is -2.27. The number of benzene rings is 2. The molecule has 0 saturated heterocycles. The Labute approximate surface area is 217 Å². The van der Waals surface area contributed by atoms with Gasteiger partial charge in [0.15, 0.2) is 0 Å². The largest absolute Gasteiger partial charge is 0.455 e. The fourth-order valence-corrected chi connectivity index (χ4v) is 4.05. The van der Waals surface area contributed by atoms with Crippen molar-refractivity contribution < 1.29 is 14.0 Å². The summed E-state index contributed by atoms with van der Waals surface area (Å²) >= 11 is 5.94. The molecule has 190 valence electrons. The Hall–Kier alpha value is -3.42. The number of hydrogen-bond donors (Lipinski definition) is 2. The molecule has 0 unspecified atom stereocenters. The highest BCUT2D eigenvalue weighted by molar-refractivity contribution is 6.30. The number of amides is 2. The lowest BCUT2D eigenvalue weighted by molar-refractivity contribution is -0.126. The standard InChI is InChI=1S/C28H33ClN4O3/c1-3-33(4-2)25(12-8-9-19-30-27(34)22-10-6-5-7-11-22)28(35)32-31-20-24-17-18-26(36-24)21-13-15-23(29)16-14-21/h5-7,10-11,13-18,20,25H,3-4,8-9,12,19H2,1-2H3,(H,30,34)(H,32,35)/b31-20+/t25-/m1/s1. The first-order valence-corrected chi connectivity index (χ1v) is 12.7. The van der Waals surface area contributed by atoms with Crippen LogP contribution in [0.25, 0.3) is 11.3 Å². The summed E-state index contributed by atoms with van der Waals surface area (Å²) in [5.74, 6) is 0.987. The summed E-state index contributed by atoms with van der Waals surface area (Å²) in [6.07, 6.45) is 3.75. The number of hydrogen-bond acceptors (Lipinski definition) is 5. The van der Waals surface area contributed by atoms with Crippen molar-refractivity contribution in [1.82, 2.24) is 15.6 Å². The van der Waals surface area contributed by atoms with Gasteiger partial charge in [0.2, 0.25) is 0 Å². The van der Waals surface area contributed by atoms with Crippen LogP contribution >= 0.6 is 11.6 Å². The van der Waals surface area contributed by atoms with Gasteiger partial charge in [-0.15, -0.1) is 0 Å². The Morgan fingerprint density at radius 2 is 1.72 bits per heavy atom. The van der Waals surface area contributed by atoms with Gasteiger partial charge < -0.3 is 9.73 Å². The lowest BCUT2D eigenvalue weighted by atomic mass is 10.1. The second-order valence-electron chi connectivity index (χ2n) is 8.30. The maximum Gasteiger partial charge on any atom is 0.257 e. The maximum absolute atomic E-state index is 12.9. The average Bonchev–Trinajstić information content (AvgIpc) is 3.37. The number of carbonyl (C=O) groups is 2. The highest BCUT2D eigenvalue weighted by atomic mass is 35.5. The van der Waals surface area contributed by atoms with Gasteiger partial charge in [-0.05, 0) is 80.9 Å². The van der Waals surface area contributed by atoms with Crippen LogP contribution in [0.5, 0.6) is 0 Å². The monoisotopic (exact) mass is 508 g/mol. The van der Waals surface area contributed by atoms with E-state index in [1.165, 1.54) is 6.21 Å². The molecule has 0 bridgehead atoms. The number of carbonyl (C=O) groups excluding carboxylic acids is 2. The van der Waals surface area contributed by atoms with E-state index in [1.54, 1.807) is 30.3 Å². The average molecular weight is 509 g/mol. The number of nitrogens with one attached hydrogen (secondary N) is 2. The van der Waals surface area contributed by atoms with Crippen LogP contribution in [-0.4, -0.2) is 48.6 Å². The molecule has 7 nitrogen and oxygen atoms in total. The van der Waals surface area contributed by atoms with Gasteiger partial charge >= 0.3 is 0 Å². The number of hydrazone groups is 1. The molecule has 0 saturated carbocycles. The minimum Gasteiger partial charge on any atom is -0.455 e. The smallest absolute Gasteiger partial charge is 0.257 e. The van der Waals surface area contributed by atoms with Crippen molar-refractivity contribution in [2.45, 2.75) is 39.2 Å². The third-order valence-corrected chi connectivity index (χ3v) is 6.16. The molecule has 1 atom stereocenters.